The molecule has 0 radical (unpaired) electrons. The minimum atomic E-state index is -2.07. The molecule has 218 valence electrons. The first kappa shape index (κ1) is 33.5. The Hall–Kier alpha value is 0.267. The van der Waals surface area contributed by atoms with Crippen molar-refractivity contribution >= 4 is 37.8 Å². The zero-order valence-electron chi connectivity index (χ0n) is 26.0. The van der Waals surface area contributed by atoms with Crippen molar-refractivity contribution in [2.24, 2.45) is 17.8 Å². The van der Waals surface area contributed by atoms with E-state index in [9.17, 15) is 4.79 Å². The molecule has 5 nitrogen and oxygen atoms in total. The predicted molar refractivity (Wildman–Crippen MR) is 162 cm³/mol. The fourth-order valence-electron chi connectivity index (χ4n) is 5.83. The number of thioether (sulfide) groups is 2. The van der Waals surface area contributed by atoms with E-state index in [1.165, 1.54) is 18.6 Å². The SMILES string of the molecule is CC[C@H]1OC(C)(C)O[C@@]1(C)CCC1([C@H](C)C[C@H](C)[C@H](O[Si](C)(C)C(C)(C)C)[C@@H](C)C(=O)OC)SCCS1. The molecule has 0 unspecified atom stereocenters. The number of methoxy groups -OCH3 is 1. The van der Waals surface area contributed by atoms with Crippen LogP contribution < -0.4 is 0 Å². The van der Waals surface area contributed by atoms with Crippen LogP contribution in [0.25, 0.3) is 0 Å². The molecule has 0 bridgehead atoms. The minimum absolute atomic E-state index is 0.0766. The van der Waals surface area contributed by atoms with Crippen LogP contribution in [0.1, 0.15) is 94.9 Å². The Bertz CT molecular complexity index is 762. The highest BCUT2D eigenvalue weighted by molar-refractivity contribution is 8.21. The van der Waals surface area contributed by atoms with Crippen LogP contribution in [-0.2, 0) is 23.4 Å². The Balaban J connectivity index is 2.22. The van der Waals surface area contributed by atoms with Gasteiger partial charge >= 0.3 is 5.97 Å². The van der Waals surface area contributed by atoms with E-state index in [1.54, 1.807) is 0 Å². The summed E-state index contributed by atoms with van der Waals surface area (Å²) in [7, 11) is -0.588. The molecule has 0 spiro atoms. The maximum Gasteiger partial charge on any atom is 0.310 e. The largest absolute Gasteiger partial charge is 0.469 e. The smallest absolute Gasteiger partial charge is 0.310 e. The number of hydrogen-bond donors (Lipinski definition) is 0. The number of carbonyl (C=O) groups is 1. The summed E-state index contributed by atoms with van der Waals surface area (Å²) in [6.45, 7) is 26.5. The number of rotatable bonds is 12. The molecule has 37 heavy (non-hydrogen) atoms. The van der Waals surface area contributed by atoms with E-state index in [0.29, 0.717) is 5.92 Å². The highest BCUT2D eigenvalue weighted by Crippen LogP contribution is 2.56. The van der Waals surface area contributed by atoms with Gasteiger partial charge in [-0.3, -0.25) is 4.79 Å². The van der Waals surface area contributed by atoms with Gasteiger partial charge in [-0.25, -0.2) is 0 Å². The van der Waals surface area contributed by atoms with Crippen molar-refractivity contribution in [1.82, 2.24) is 0 Å². The maximum absolute atomic E-state index is 12.7. The lowest BCUT2D eigenvalue weighted by Crippen LogP contribution is -2.49. The fourth-order valence-corrected chi connectivity index (χ4v) is 10.7. The molecule has 0 aromatic carbocycles. The molecule has 0 amide bonds. The summed E-state index contributed by atoms with van der Waals surface area (Å²) in [4.78, 5) is 12.7. The van der Waals surface area contributed by atoms with Gasteiger partial charge in [-0.05, 0) is 83.3 Å². The van der Waals surface area contributed by atoms with Gasteiger partial charge in [0.05, 0.1) is 34.9 Å². The van der Waals surface area contributed by atoms with Crippen molar-refractivity contribution in [1.29, 1.82) is 0 Å². The Kier molecular flexibility index (Phi) is 11.2. The first-order valence-corrected chi connectivity index (χ1v) is 19.1. The van der Waals surface area contributed by atoms with E-state index in [0.717, 1.165) is 25.7 Å². The Morgan fingerprint density at radius 1 is 1.08 bits per heavy atom. The van der Waals surface area contributed by atoms with Gasteiger partial charge in [-0.2, -0.15) is 0 Å². The minimum Gasteiger partial charge on any atom is -0.469 e. The lowest BCUT2D eigenvalue weighted by atomic mass is 9.83. The molecule has 2 fully saturated rings. The summed E-state index contributed by atoms with van der Waals surface area (Å²) in [6, 6.07) is 0. The average Bonchev–Trinajstić information content (AvgIpc) is 3.36. The van der Waals surface area contributed by atoms with Crippen LogP contribution in [0.4, 0.5) is 0 Å². The number of esters is 1. The van der Waals surface area contributed by atoms with Gasteiger partial charge < -0.3 is 18.6 Å². The van der Waals surface area contributed by atoms with Crippen LogP contribution in [0.3, 0.4) is 0 Å². The highest BCUT2D eigenvalue weighted by Gasteiger charge is 2.52. The molecule has 0 aliphatic carbocycles. The van der Waals surface area contributed by atoms with Crippen LogP contribution >= 0.6 is 23.5 Å². The molecule has 2 heterocycles. The highest BCUT2D eigenvalue weighted by atomic mass is 32.2. The normalized spacial score (nSPS) is 29.1. The van der Waals surface area contributed by atoms with Crippen LogP contribution in [0.2, 0.25) is 18.1 Å². The quantitative estimate of drug-likeness (QED) is 0.172. The summed E-state index contributed by atoms with van der Waals surface area (Å²) in [5.41, 5.74) is -0.270. The average molecular weight is 577 g/mol. The molecule has 2 aliphatic heterocycles. The molecule has 2 saturated heterocycles. The summed E-state index contributed by atoms with van der Waals surface area (Å²) in [5, 5.41) is 0.0766. The monoisotopic (exact) mass is 576 g/mol. The van der Waals surface area contributed by atoms with Crippen molar-refractivity contribution in [2.45, 2.75) is 141 Å². The van der Waals surface area contributed by atoms with Crippen molar-refractivity contribution in [2.75, 3.05) is 18.6 Å². The van der Waals surface area contributed by atoms with Gasteiger partial charge in [0.2, 0.25) is 0 Å². The number of ether oxygens (including phenoxy) is 3. The van der Waals surface area contributed by atoms with Gasteiger partial charge in [0.25, 0.3) is 0 Å². The van der Waals surface area contributed by atoms with E-state index in [4.69, 9.17) is 18.6 Å². The van der Waals surface area contributed by atoms with E-state index in [-0.39, 0.29) is 44.7 Å². The Morgan fingerprint density at radius 2 is 1.65 bits per heavy atom. The molecule has 0 saturated carbocycles. The van der Waals surface area contributed by atoms with Crippen molar-refractivity contribution in [3.05, 3.63) is 0 Å². The lowest BCUT2D eigenvalue weighted by molar-refractivity contribution is -0.161. The van der Waals surface area contributed by atoms with E-state index in [1.807, 2.05) is 20.8 Å². The van der Waals surface area contributed by atoms with Crippen LogP contribution in [0.15, 0.2) is 0 Å². The topological polar surface area (TPSA) is 54.0 Å². The summed E-state index contributed by atoms with van der Waals surface area (Å²) in [5.74, 6) is 2.07. The van der Waals surface area contributed by atoms with Gasteiger partial charge in [-0.15, -0.1) is 23.5 Å². The third kappa shape index (κ3) is 7.93. The zero-order valence-corrected chi connectivity index (χ0v) is 28.6. The standard InChI is InChI=1S/C29H56O5S2Si/c1-14-23-28(10,34-27(8,9)32-23)15-16-29(35-17-18-36-29)21(3)19-20(2)24(22(4)25(30)31-11)33-37(12,13)26(5,6)7/h20-24H,14-19H2,1-13H3/t20-,21+,22+,23+,24-,28-/m0/s1. The van der Waals surface area contributed by atoms with Crippen LogP contribution in [0, 0.1) is 17.8 Å². The van der Waals surface area contributed by atoms with E-state index >= 15 is 0 Å². The third-order valence-electron chi connectivity index (χ3n) is 9.04. The zero-order chi connectivity index (χ0) is 28.4. The van der Waals surface area contributed by atoms with Gasteiger partial charge in [0, 0.05) is 11.5 Å². The van der Waals surface area contributed by atoms with E-state index < -0.39 is 14.1 Å². The van der Waals surface area contributed by atoms with E-state index in [2.05, 4.69) is 85.1 Å². The summed E-state index contributed by atoms with van der Waals surface area (Å²) >= 11 is 4.24. The second-order valence-corrected chi connectivity index (χ2v) is 21.5. The third-order valence-corrected chi connectivity index (χ3v) is 17.5. The van der Waals surface area contributed by atoms with Crippen LogP contribution in [0.5, 0.6) is 0 Å². The second kappa shape index (κ2) is 12.4. The number of hydrogen-bond acceptors (Lipinski definition) is 7. The molecule has 0 N–H and O–H groups in total. The molecule has 6 atom stereocenters. The molecular weight excluding hydrogens is 521 g/mol. The van der Waals surface area contributed by atoms with Crippen LogP contribution in [-0.4, -0.2) is 60.6 Å². The predicted octanol–water partition coefficient (Wildman–Crippen LogP) is 8.12. The number of carbonyl (C=O) groups excluding carboxylic acids is 1. The first-order valence-electron chi connectivity index (χ1n) is 14.2. The van der Waals surface area contributed by atoms with Crippen molar-refractivity contribution in [3.8, 4) is 0 Å². The lowest BCUT2D eigenvalue weighted by Gasteiger charge is -2.44. The van der Waals surface area contributed by atoms with Crippen molar-refractivity contribution < 1.29 is 23.4 Å². The summed E-state index contributed by atoms with van der Waals surface area (Å²) < 4.78 is 25.0. The van der Waals surface area contributed by atoms with Gasteiger partial charge in [-0.1, -0.05) is 41.5 Å². The van der Waals surface area contributed by atoms with Gasteiger partial charge in [0.1, 0.15) is 0 Å². The fraction of sp³-hybridized carbons (Fsp3) is 0.966. The molecule has 2 rings (SSSR count). The molecule has 0 aromatic heterocycles. The van der Waals surface area contributed by atoms with Crippen molar-refractivity contribution in [3.63, 3.8) is 0 Å². The molecule has 0 aromatic rings. The summed E-state index contributed by atoms with van der Waals surface area (Å²) in [6.07, 6.45) is 4.00. The first-order chi connectivity index (χ1) is 16.8. The van der Waals surface area contributed by atoms with Gasteiger partial charge in [0.15, 0.2) is 14.1 Å². The second-order valence-electron chi connectivity index (χ2n) is 13.6. The molecule has 8 heteroatoms. The molecule has 2 aliphatic rings. The Morgan fingerprint density at radius 3 is 2.14 bits per heavy atom. The molecular formula is C29H56O5S2Si. The maximum atomic E-state index is 12.7. The Labute approximate surface area is 237 Å².